The van der Waals surface area contributed by atoms with Crippen molar-refractivity contribution < 1.29 is 14.3 Å². The van der Waals surface area contributed by atoms with Gasteiger partial charge in [-0.1, -0.05) is 42.1 Å². The highest BCUT2D eigenvalue weighted by Gasteiger charge is 2.25. The number of anilines is 2. The monoisotopic (exact) mass is 419 g/mol. The van der Waals surface area contributed by atoms with Gasteiger partial charge in [0, 0.05) is 22.5 Å². The van der Waals surface area contributed by atoms with E-state index in [9.17, 15) is 9.18 Å². The first-order chi connectivity index (χ1) is 14.6. The van der Waals surface area contributed by atoms with Crippen LogP contribution in [0.5, 0.6) is 0 Å². The Bertz CT molecular complexity index is 1290. The highest BCUT2D eigenvalue weighted by atomic mass is 32.2. The Morgan fingerprint density at radius 3 is 2.63 bits per heavy atom. The van der Waals surface area contributed by atoms with Crippen molar-refractivity contribution in [1.29, 1.82) is 0 Å². The van der Waals surface area contributed by atoms with E-state index in [2.05, 4.69) is 39.6 Å². The fourth-order valence-corrected chi connectivity index (χ4v) is 4.25. The molecule has 1 saturated carbocycles. The first-order valence-electron chi connectivity index (χ1n) is 9.69. The van der Waals surface area contributed by atoms with Crippen LogP contribution in [0.25, 0.3) is 21.7 Å². The van der Waals surface area contributed by atoms with E-state index in [4.69, 9.17) is 5.11 Å². The zero-order chi connectivity index (χ0) is 20.7. The van der Waals surface area contributed by atoms with Crippen LogP contribution in [0.1, 0.15) is 24.3 Å². The number of hydrogen-bond donors (Lipinski definition) is 2. The van der Waals surface area contributed by atoms with Gasteiger partial charge in [-0.25, -0.2) is 14.4 Å². The number of rotatable bonds is 6. The molecule has 5 nitrogen and oxygen atoms in total. The molecule has 1 aromatic heterocycles. The van der Waals surface area contributed by atoms with Crippen LogP contribution >= 0.6 is 11.8 Å². The number of halogens is 1. The molecule has 1 aliphatic carbocycles. The van der Waals surface area contributed by atoms with Crippen molar-refractivity contribution in [3.8, 4) is 0 Å². The van der Waals surface area contributed by atoms with Crippen molar-refractivity contribution in [2.75, 3.05) is 11.1 Å². The molecule has 7 heteroatoms. The molecule has 3 aromatic carbocycles. The van der Waals surface area contributed by atoms with Crippen LogP contribution in [0, 0.1) is 5.82 Å². The summed E-state index contributed by atoms with van der Waals surface area (Å²) >= 11 is 1.01. The van der Waals surface area contributed by atoms with Crippen LogP contribution < -0.4 is 5.32 Å². The molecule has 1 heterocycles. The number of thioether (sulfide) groups is 1. The van der Waals surface area contributed by atoms with E-state index < -0.39 is 11.8 Å². The molecule has 0 unspecified atom stereocenters. The molecule has 1 aliphatic rings. The van der Waals surface area contributed by atoms with E-state index in [0.29, 0.717) is 22.6 Å². The van der Waals surface area contributed by atoms with E-state index in [-0.39, 0.29) is 10.9 Å². The lowest BCUT2D eigenvalue weighted by Gasteiger charge is -2.14. The molecule has 0 atom stereocenters. The molecule has 0 radical (unpaired) electrons. The maximum Gasteiger partial charge on any atom is 0.313 e. The van der Waals surface area contributed by atoms with Crippen molar-refractivity contribution in [1.82, 2.24) is 9.97 Å². The van der Waals surface area contributed by atoms with Gasteiger partial charge in [0.05, 0.1) is 11.3 Å². The summed E-state index contributed by atoms with van der Waals surface area (Å²) in [5, 5.41) is 15.6. The third-order valence-electron chi connectivity index (χ3n) is 5.19. The topological polar surface area (TPSA) is 75.1 Å². The standard InChI is InChI=1S/C23H18FN3O2S/c24-14-7-8-18-20(11-14)26-23(30-12-21(28)29)27-22(18)25-19-10-9-15(13-5-6-13)16-3-1-2-4-17(16)19/h1-4,7-11,13H,5-6,12H2,(H,28,29)(H,25,26,27). The molecule has 150 valence electrons. The number of benzene rings is 3. The Morgan fingerprint density at radius 2 is 1.87 bits per heavy atom. The summed E-state index contributed by atoms with van der Waals surface area (Å²) in [6, 6.07) is 16.8. The van der Waals surface area contributed by atoms with Crippen molar-refractivity contribution >= 4 is 50.9 Å². The Kier molecular flexibility index (Phi) is 4.75. The number of nitrogens with zero attached hydrogens (tertiary/aromatic N) is 2. The van der Waals surface area contributed by atoms with Crippen molar-refractivity contribution in [3.63, 3.8) is 0 Å². The maximum atomic E-state index is 13.8. The highest BCUT2D eigenvalue weighted by Crippen LogP contribution is 2.44. The molecule has 4 aromatic rings. The normalized spacial score (nSPS) is 13.6. The number of fused-ring (bicyclic) bond motifs is 2. The van der Waals surface area contributed by atoms with Gasteiger partial charge in [0.1, 0.15) is 11.6 Å². The smallest absolute Gasteiger partial charge is 0.313 e. The molecule has 0 spiro atoms. The second-order valence-electron chi connectivity index (χ2n) is 7.35. The van der Waals surface area contributed by atoms with Crippen LogP contribution in [0.4, 0.5) is 15.9 Å². The van der Waals surface area contributed by atoms with Crippen molar-refractivity contribution in [3.05, 3.63) is 66.0 Å². The molecule has 0 saturated heterocycles. The number of aromatic nitrogens is 2. The first-order valence-corrected chi connectivity index (χ1v) is 10.7. The molecule has 30 heavy (non-hydrogen) atoms. The zero-order valence-electron chi connectivity index (χ0n) is 15.9. The average molecular weight is 419 g/mol. The zero-order valence-corrected chi connectivity index (χ0v) is 16.7. The maximum absolute atomic E-state index is 13.8. The number of carboxylic acids is 1. The van der Waals surface area contributed by atoms with Crippen LogP contribution in [0.15, 0.2) is 59.8 Å². The molecular formula is C23H18FN3O2S. The highest BCUT2D eigenvalue weighted by molar-refractivity contribution is 7.99. The van der Waals surface area contributed by atoms with Gasteiger partial charge in [-0.2, -0.15) is 0 Å². The summed E-state index contributed by atoms with van der Waals surface area (Å²) in [6.07, 6.45) is 2.45. The Hall–Kier alpha value is -3.19. The van der Waals surface area contributed by atoms with Gasteiger partial charge in [-0.15, -0.1) is 0 Å². The van der Waals surface area contributed by atoms with Crippen LogP contribution in [0.3, 0.4) is 0 Å². The molecule has 0 aliphatic heterocycles. The first kappa shape index (κ1) is 18.8. The predicted octanol–water partition coefficient (Wildman–Crippen LogP) is 5.72. The lowest BCUT2D eigenvalue weighted by atomic mass is 9.99. The van der Waals surface area contributed by atoms with Gasteiger partial charge in [-0.3, -0.25) is 4.79 Å². The fraction of sp³-hybridized carbons (Fsp3) is 0.174. The lowest BCUT2D eigenvalue weighted by Crippen LogP contribution is -2.03. The van der Waals surface area contributed by atoms with Gasteiger partial charge in [0.25, 0.3) is 0 Å². The number of carbonyl (C=O) groups is 1. The molecule has 0 amide bonds. The number of aliphatic carboxylic acids is 1. The quantitative estimate of drug-likeness (QED) is 0.308. The van der Waals surface area contributed by atoms with E-state index in [1.807, 2.05) is 12.1 Å². The Labute approximate surface area is 176 Å². The predicted molar refractivity (Wildman–Crippen MR) is 117 cm³/mol. The second-order valence-corrected chi connectivity index (χ2v) is 8.29. The van der Waals surface area contributed by atoms with E-state index in [1.54, 1.807) is 6.07 Å². The molecule has 0 bridgehead atoms. The van der Waals surface area contributed by atoms with Crippen molar-refractivity contribution in [2.45, 2.75) is 23.9 Å². The van der Waals surface area contributed by atoms with Crippen LogP contribution in [0.2, 0.25) is 0 Å². The third kappa shape index (κ3) is 3.68. The molecule has 2 N–H and O–H groups in total. The van der Waals surface area contributed by atoms with Gasteiger partial charge in [0.15, 0.2) is 5.16 Å². The lowest BCUT2D eigenvalue weighted by molar-refractivity contribution is -0.133. The Morgan fingerprint density at radius 1 is 1.07 bits per heavy atom. The summed E-state index contributed by atoms with van der Waals surface area (Å²) in [5.41, 5.74) is 2.69. The number of nitrogens with one attached hydrogen (secondary N) is 1. The third-order valence-corrected chi connectivity index (χ3v) is 6.02. The van der Waals surface area contributed by atoms with Gasteiger partial charge in [-0.05, 0) is 47.9 Å². The van der Waals surface area contributed by atoms with Crippen molar-refractivity contribution in [2.24, 2.45) is 0 Å². The Balaban J connectivity index is 1.61. The van der Waals surface area contributed by atoms with E-state index in [1.165, 1.54) is 35.9 Å². The van der Waals surface area contributed by atoms with Gasteiger partial charge < -0.3 is 10.4 Å². The van der Waals surface area contributed by atoms with E-state index >= 15 is 0 Å². The second kappa shape index (κ2) is 7.57. The summed E-state index contributed by atoms with van der Waals surface area (Å²) in [7, 11) is 0. The number of hydrogen-bond acceptors (Lipinski definition) is 5. The van der Waals surface area contributed by atoms with E-state index in [0.717, 1.165) is 22.8 Å². The van der Waals surface area contributed by atoms with Crippen LogP contribution in [-0.4, -0.2) is 26.8 Å². The largest absolute Gasteiger partial charge is 0.481 e. The summed E-state index contributed by atoms with van der Waals surface area (Å²) in [5.74, 6) is -0.373. The molecule has 1 fully saturated rings. The average Bonchev–Trinajstić information content (AvgIpc) is 3.57. The SMILES string of the molecule is O=C(O)CSc1nc(Nc2ccc(C3CC3)c3ccccc23)c2ccc(F)cc2n1. The summed E-state index contributed by atoms with van der Waals surface area (Å²) < 4.78 is 13.8. The fourth-order valence-electron chi connectivity index (χ4n) is 3.68. The summed E-state index contributed by atoms with van der Waals surface area (Å²) in [6.45, 7) is 0. The minimum atomic E-state index is -0.959. The number of carboxylic acid groups (broad SMARTS) is 1. The molecule has 5 rings (SSSR count). The minimum absolute atomic E-state index is 0.167. The van der Waals surface area contributed by atoms with Crippen LogP contribution in [-0.2, 0) is 4.79 Å². The summed E-state index contributed by atoms with van der Waals surface area (Å²) in [4.78, 5) is 19.8. The molecular weight excluding hydrogens is 401 g/mol. The van der Waals surface area contributed by atoms with Gasteiger partial charge >= 0.3 is 5.97 Å². The minimum Gasteiger partial charge on any atom is -0.481 e. The van der Waals surface area contributed by atoms with Gasteiger partial charge in [0.2, 0.25) is 0 Å².